The van der Waals surface area contributed by atoms with Crippen molar-refractivity contribution >= 4 is 16.0 Å². The number of rotatable bonds is 8. The van der Waals surface area contributed by atoms with Gasteiger partial charge in [-0.1, -0.05) is 5.16 Å². The molecule has 170 valence electrons. The fraction of sp³-hybridized carbons (Fsp3) is 0.500. The van der Waals surface area contributed by atoms with Crippen molar-refractivity contribution < 1.29 is 32.3 Å². The van der Waals surface area contributed by atoms with Crippen LogP contribution in [0.1, 0.15) is 21.8 Å². The van der Waals surface area contributed by atoms with E-state index in [2.05, 4.69) is 9.89 Å². The van der Waals surface area contributed by atoms with E-state index >= 15 is 0 Å². The number of carbonyl (C=O) groups excluding carboxylic acids is 1. The second kappa shape index (κ2) is 9.77. The lowest BCUT2D eigenvalue weighted by molar-refractivity contribution is 0.0565. The Bertz CT molecular complexity index is 977. The summed E-state index contributed by atoms with van der Waals surface area (Å²) in [5.74, 6) is 0.385. The molecule has 0 amide bonds. The maximum Gasteiger partial charge on any atom is 0.337 e. The fourth-order valence-corrected chi connectivity index (χ4v) is 5.19. The van der Waals surface area contributed by atoms with Crippen LogP contribution in [-0.4, -0.2) is 86.4 Å². The molecule has 1 aromatic heterocycles. The van der Waals surface area contributed by atoms with E-state index in [4.69, 9.17) is 9.26 Å². The van der Waals surface area contributed by atoms with Crippen LogP contribution < -0.4 is 4.74 Å². The van der Waals surface area contributed by atoms with Crippen molar-refractivity contribution in [2.45, 2.75) is 24.8 Å². The van der Waals surface area contributed by atoms with Gasteiger partial charge in [-0.15, -0.1) is 0 Å². The summed E-state index contributed by atoms with van der Waals surface area (Å²) in [6.07, 6.45) is -0.744. The van der Waals surface area contributed by atoms with Gasteiger partial charge in [-0.25, -0.2) is 13.2 Å². The largest absolute Gasteiger partial charge is 0.491 e. The summed E-state index contributed by atoms with van der Waals surface area (Å²) in [4.78, 5) is 13.6. The van der Waals surface area contributed by atoms with Gasteiger partial charge in [0.15, 0.2) is 5.76 Å². The monoisotopic (exact) mass is 453 g/mol. The van der Waals surface area contributed by atoms with Crippen LogP contribution in [0.5, 0.6) is 5.75 Å². The Balaban J connectivity index is 1.47. The summed E-state index contributed by atoms with van der Waals surface area (Å²) >= 11 is 0. The first kappa shape index (κ1) is 23.2. The zero-order valence-electron chi connectivity index (χ0n) is 17.8. The molecule has 0 saturated carbocycles. The molecule has 0 unspecified atom stereocenters. The smallest absolute Gasteiger partial charge is 0.337 e. The van der Waals surface area contributed by atoms with E-state index in [1.807, 2.05) is 4.90 Å². The van der Waals surface area contributed by atoms with Crippen molar-refractivity contribution in [1.82, 2.24) is 14.4 Å². The maximum absolute atomic E-state index is 12.9. The van der Waals surface area contributed by atoms with Crippen molar-refractivity contribution in [2.75, 3.05) is 46.4 Å². The Kier molecular flexibility index (Phi) is 7.31. The predicted molar refractivity (Wildman–Crippen MR) is 110 cm³/mol. The first-order valence-electron chi connectivity index (χ1n) is 9.87. The fourth-order valence-electron chi connectivity index (χ4n) is 3.47. The number of aromatic nitrogens is 1. The Morgan fingerprint density at radius 2 is 1.84 bits per heavy atom. The Morgan fingerprint density at radius 1 is 1.19 bits per heavy atom. The predicted octanol–water partition coefficient (Wildman–Crippen LogP) is 0.824. The van der Waals surface area contributed by atoms with Gasteiger partial charge in [-0.2, -0.15) is 4.31 Å². The molecule has 0 bridgehead atoms. The van der Waals surface area contributed by atoms with Gasteiger partial charge in [0.2, 0.25) is 10.0 Å². The van der Waals surface area contributed by atoms with Crippen LogP contribution >= 0.6 is 0 Å². The first-order chi connectivity index (χ1) is 14.7. The number of nitrogens with zero attached hydrogens (tertiary/aromatic N) is 3. The van der Waals surface area contributed by atoms with Crippen molar-refractivity contribution in [2.24, 2.45) is 0 Å². The van der Waals surface area contributed by atoms with Crippen LogP contribution in [0.4, 0.5) is 0 Å². The SMILES string of the molecule is COC(=O)c1ccc(OC[C@@H](O)CN2CCN(S(=O)(=O)c3c(C)noc3C)CC2)cc1. The Morgan fingerprint density at radius 3 is 2.39 bits per heavy atom. The number of sulfonamides is 1. The number of carbonyl (C=O) groups is 1. The first-order valence-corrected chi connectivity index (χ1v) is 11.3. The number of methoxy groups -OCH3 is 1. The zero-order valence-corrected chi connectivity index (χ0v) is 18.6. The third-order valence-electron chi connectivity index (χ3n) is 5.08. The van der Waals surface area contributed by atoms with Crippen molar-refractivity contribution in [3.63, 3.8) is 0 Å². The molecule has 0 radical (unpaired) electrons. The van der Waals surface area contributed by atoms with Gasteiger partial charge >= 0.3 is 5.97 Å². The second-order valence-electron chi connectivity index (χ2n) is 7.34. The number of benzene rings is 1. The molecule has 1 aliphatic rings. The molecule has 1 aliphatic heterocycles. The summed E-state index contributed by atoms with van der Waals surface area (Å²) in [6.45, 7) is 5.25. The summed E-state index contributed by atoms with van der Waals surface area (Å²) < 4.78 is 42.4. The van der Waals surface area contributed by atoms with Crippen LogP contribution in [0.3, 0.4) is 0 Å². The maximum atomic E-state index is 12.9. The molecule has 1 N–H and O–H groups in total. The number of aliphatic hydroxyl groups excluding tert-OH is 1. The highest BCUT2D eigenvalue weighted by Gasteiger charge is 2.33. The minimum atomic E-state index is -3.66. The third-order valence-corrected chi connectivity index (χ3v) is 7.23. The van der Waals surface area contributed by atoms with E-state index in [-0.39, 0.29) is 17.3 Å². The number of hydrogen-bond acceptors (Lipinski definition) is 9. The molecule has 3 rings (SSSR count). The highest BCUT2D eigenvalue weighted by atomic mass is 32.2. The quantitative estimate of drug-likeness (QED) is 0.579. The molecule has 11 heteroatoms. The standard InChI is InChI=1S/C20H27N3O7S/c1-14-19(15(2)30-21-14)31(26,27)23-10-8-22(9-11-23)12-17(24)13-29-18-6-4-16(5-7-18)20(25)28-3/h4-7,17,24H,8-13H2,1-3H3/t17-/m0/s1. The number of ether oxygens (including phenoxy) is 2. The molecule has 2 heterocycles. The third kappa shape index (κ3) is 5.42. The van der Waals surface area contributed by atoms with Crippen molar-refractivity contribution in [3.05, 3.63) is 41.3 Å². The summed E-state index contributed by atoms with van der Waals surface area (Å²) in [5, 5.41) is 14.0. The van der Waals surface area contributed by atoms with E-state index in [0.29, 0.717) is 49.7 Å². The molecule has 10 nitrogen and oxygen atoms in total. The Hall–Kier alpha value is -2.47. The summed E-state index contributed by atoms with van der Waals surface area (Å²) in [5.41, 5.74) is 0.770. The molecule has 0 spiro atoms. The summed E-state index contributed by atoms with van der Waals surface area (Å²) in [6, 6.07) is 6.45. The van der Waals surface area contributed by atoms with Crippen LogP contribution in [-0.2, 0) is 14.8 Å². The number of piperazine rings is 1. The number of esters is 1. The van der Waals surface area contributed by atoms with Crippen LogP contribution in [0.15, 0.2) is 33.7 Å². The average molecular weight is 454 g/mol. The molecule has 1 aromatic carbocycles. The molecule has 2 aromatic rings. The molecular formula is C20H27N3O7S. The number of β-amino-alcohol motifs (C(OH)–C–C–N with tert-alkyl or cyclic N) is 1. The minimum absolute atomic E-state index is 0.0785. The van der Waals surface area contributed by atoms with E-state index in [1.54, 1.807) is 38.1 Å². The average Bonchev–Trinajstić information content (AvgIpc) is 3.11. The van der Waals surface area contributed by atoms with E-state index < -0.39 is 22.1 Å². The van der Waals surface area contributed by atoms with E-state index in [0.717, 1.165) is 0 Å². The minimum Gasteiger partial charge on any atom is -0.491 e. The molecule has 1 fully saturated rings. The highest BCUT2D eigenvalue weighted by molar-refractivity contribution is 7.89. The van der Waals surface area contributed by atoms with Gasteiger partial charge in [-0.3, -0.25) is 4.90 Å². The lowest BCUT2D eigenvalue weighted by atomic mass is 10.2. The van der Waals surface area contributed by atoms with Crippen molar-refractivity contribution in [3.8, 4) is 5.75 Å². The lowest BCUT2D eigenvalue weighted by Crippen LogP contribution is -2.50. The van der Waals surface area contributed by atoms with Gasteiger partial charge in [-0.05, 0) is 38.1 Å². The van der Waals surface area contributed by atoms with Crippen LogP contribution in [0, 0.1) is 13.8 Å². The zero-order chi connectivity index (χ0) is 22.6. The topological polar surface area (TPSA) is 122 Å². The highest BCUT2D eigenvalue weighted by Crippen LogP contribution is 2.24. The Labute approximate surface area is 181 Å². The van der Waals surface area contributed by atoms with Gasteiger partial charge < -0.3 is 19.1 Å². The molecule has 1 saturated heterocycles. The molecular weight excluding hydrogens is 426 g/mol. The van der Waals surface area contributed by atoms with Gasteiger partial charge in [0.05, 0.1) is 12.7 Å². The van der Waals surface area contributed by atoms with Crippen LogP contribution in [0.25, 0.3) is 0 Å². The van der Waals surface area contributed by atoms with Gasteiger partial charge in [0.1, 0.15) is 29.0 Å². The number of aryl methyl sites for hydroxylation is 2. The second-order valence-corrected chi connectivity index (χ2v) is 9.21. The van der Waals surface area contributed by atoms with Crippen LogP contribution in [0.2, 0.25) is 0 Å². The molecule has 1 atom stereocenters. The van der Waals surface area contributed by atoms with Gasteiger partial charge in [0.25, 0.3) is 0 Å². The van der Waals surface area contributed by atoms with E-state index in [1.165, 1.54) is 11.4 Å². The molecule has 0 aliphatic carbocycles. The number of hydrogen-bond donors (Lipinski definition) is 1. The number of aliphatic hydroxyl groups is 1. The van der Waals surface area contributed by atoms with Gasteiger partial charge in [0, 0.05) is 32.7 Å². The van der Waals surface area contributed by atoms with Crippen molar-refractivity contribution in [1.29, 1.82) is 0 Å². The lowest BCUT2D eigenvalue weighted by Gasteiger charge is -2.34. The normalized spacial score (nSPS) is 16.8. The molecule has 31 heavy (non-hydrogen) atoms. The summed E-state index contributed by atoms with van der Waals surface area (Å²) in [7, 11) is -2.34. The van der Waals surface area contributed by atoms with E-state index in [9.17, 15) is 18.3 Å².